The number of rotatable bonds is 4. The molecule has 2 unspecified atom stereocenters. The smallest absolute Gasteiger partial charge is 0.308 e. The number of carbonyl (C=O) groups excluding carboxylic acids is 1. The van der Waals surface area contributed by atoms with Crippen molar-refractivity contribution in [3.8, 4) is 0 Å². The Morgan fingerprint density at radius 3 is 2.56 bits per heavy atom. The number of likely N-dealkylation sites (tertiary alicyclic amines) is 1. The fourth-order valence-corrected chi connectivity index (χ4v) is 3.39. The summed E-state index contributed by atoms with van der Waals surface area (Å²) in [7, 11) is 0. The summed E-state index contributed by atoms with van der Waals surface area (Å²) in [6.07, 6.45) is 2.96. The lowest BCUT2D eigenvalue weighted by Gasteiger charge is -2.18. The van der Waals surface area contributed by atoms with E-state index in [9.17, 15) is 14.7 Å². The predicted octanol–water partition coefficient (Wildman–Crippen LogP) is 2.54. The summed E-state index contributed by atoms with van der Waals surface area (Å²) < 4.78 is 0. The van der Waals surface area contributed by atoms with Crippen molar-refractivity contribution in [1.29, 1.82) is 0 Å². The van der Waals surface area contributed by atoms with Crippen molar-refractivity contribution in [3.05, 3.63) is 59.7 Å². The molecule has 2 aromatic rings. The molecule has 1 aromatic heterocycles. The van der Waals surface area contributed by atoms with Crippen LogP contribution in [0.4, 0.5) is 0 Å². The Kier molecular flexibility index (Phi) is 4.79. The van der Waals surface area contributed by atoms with Gasteiger partial charge in [-0.3, -0.25) is 9.59 Å². The van der Waals surface area contributed by atoms with Crippen molar-refractivity contribution in [2.75, 3.05) is 13.1 Å². The zero-order chi connectivity index (χ0) is 18.0. The third-order valence-electron chi connectivity index (χ3n) is 4.67. The molecule has 6 nitrogen and oxygen atoms in total. The van der Waals surface area contributed by atoms with Crippen LogP contribution in [0.1, 0.15) is 47.3 Å². The number of carboxylic acids is 1. The molecule has 6 heteroatoms. The molecule has 1 fully saturated rings. The van der Waals surface area contributed by atoms with Gasteiger partial charge in [-0.2, -0.15) is 0 Å². The van der Waals surface area contributed by atoms with Gasteiger partial charge in [0.2, 0.25) is 0 Å². The SMILES string of the molecule is CC(C)c1ncncc1C(=O)N1CC(C(=O)O)C(c2ccccc2)C1. The molecule has 1 amide bonds. The normalized spacial score (nSPS) is 20.0. The second-order valence-electron chi connectivity index (χ2n) is 6.65. The Morgan fingerprint density at radius 2 is 1.92 bits per heavy atom. The van der Waals surface area contributed by atoms with Gasteiger partial charge in [0.15, 0.2) is 0 Å². The van der Waals surface area contributed by atoms with Gasteiger partial charge in [-0.25, -0.2) is 9.97 Å². The highest BCUT2D eigenvalue weighted by atomic mass is 16.4. The van der Waals surface area contributed by atoms with Gasteiger partial charge in [-0.1, -0.05) is 44.2 Å². The van der Waals surface area contributed by atoms with Crippen LogP contribution < -0.4 is 0 Å². The topological polar surface area (TPSA) is 83.4 Å². The van der Waals surface area contributed by atoms with Crippen LogP contribution in [0, 0.1) is 5.92 Å². The van der Waals surface area contributed by atoms with Crippen molar-refractivity contribution < 1.29 is 14.7 Å². The monoisotopic (exact) mass is 339 g/mol. The van der Waals surface area contributed by atoms with E-state index in [0.717, 1.165) is 5.56 Å². The number of carboxylic acid groups (broad SMARTS) is 1. The lowest BCUT2D eigenvalue weighted by molar-refractivity contribution is -0.141. The molecule has 1 saturated heterocycles. The van der Waals surface area contributed by atoms with Crippen molar-refractivity contribution in [2.45, 2.75) is 25.7 Å². The number of carbonyl (C=O) groups is 2. The lowest BCUT2D eigenvalue weighted by Crippen LogP contribution is -2.31. The van der Waals surface area contributed by atoms with Gasteiger partial charge in [-0.05, 0) is 11.5 Å². The minimum absolute atomic E-state index is 0.0877. The standard InChI is InChI=1S/C19H21N3O3/c1-12(2)17-14(8-20-11-21-17)18(23)22-9-15(16(10-22)19(24)25)13-6-4-3-5-7-13/h3-8,11-12,15-16H,9-10H2,1-2H3,(H,24,25). The van der Waals surface area contributed by atoms with Gasteiger partial charge < -0.3 is 10.0 Å². The van der Waals surface area contributed by atoms with Crippen LogP contribution >= 0.6 is 0 Å². The molecule has 25 heavy (non-hydrogen) atoms. The first-order valence-electron chi connectivity index (χ1n) is 8.36. The number of hydrogen-bond acceptors (Lipinski definition) is 4. The fourth-order valence-electron chi connectivity index (χ4n) is 3.39. The zero-order valence-electron chi connectivity index (χ0n) is 14.3. The van der Waals surface area contributed by atoms with E-state index in [2.05, 4.69) is 9.97 Å². The second kappa shape index (κ2) is 7.01. The van der Waals surface area contributed by atoms with E-state index in [1.807, 2.05) is 44.2 Å². The van der Waals surface area contributed by atoms with E-state index in [1.165, 1.54) is 12.5 Å². The summed E-state index contributed by atoms with van der Waals surface area (Å²) in [5, 5.41) is 9.60. The maximum Gasteiger partial charge on any atom is 0.308 e. The minimum Gasteiger partial charge on any atom is -0.481 e. The van der Waals surface area contributed by atoms with Gasteiger partial charge >= 0.3 is 5.97 Å². The maximum absolute atomic E-state index is 13.0. The summed E-state index contributed by atoms with van der Waals surface area (Å²) in [5.41, 5.74) is 2.09. The van der Waals surface area contributed by atoms with Gasteiger partial charge in [0.1, 0.15) is 6.33 Å². The Labute approximate surface area is 146 Å². The molecule has 0 radical (unpaired) electrons. The minimum atomic E-state index is -0.877. The van der Waals surface area contributed by atoms with Gasteiger partial charge in [0, 0.05) is 25.2 Å². The summed E-state index contributed by atoms with van der Waals surface area (Å²) in [6, 6.07) is 9.51. The van der Waals surface area contributed by atoms with Crippen LogP contribution in [-0.2, 0) is 4.79 Å². The molecule has 1 aliphatic rings. The van der Waals surface area contributed by atoms with E-state index < -0.39 is 11.9 Å². The van der Waals surface area contributed by atoms with Crippen LogP contribution in [0.5, 0.6) is 0 Å². The number of amides is 1. The van der Waals surface area contributed by atoms with Gasteiger partial charge in [-0.15, -0.1) is 0 Å². The van der Waals surface area contributed by atoms with Crippen LogP contribution in [0.25, 0.3) is 0 Å². The molecular weight excluding hydrogens is 318 g/mol. The number of aromatic nitrogens is 2. The molecule has 130 valence electrons. The van der Waals surface area contributed by atoms with E-state index >= 15 is 0 Å². The Bertz CT molecular complexity index is 776. The first-order valence-corrected chi connectivity index (χ1v) is 8.36. The predicted molar refractivity (Wildman–Crippen MR) is 92.3 cm³/mol. The van der Waals surface area contributed by atoms with E-state index in [0.29, 0.717) is 17.8 Å². The van der Waals surface area contributed by atoms with Crippen LogP contribution in [0.2, 0.25) is 0 Å². The summed E-state index contributed by atoms with van der Waals surface area (Å²) in [5.74, 6) is -1.82. The maximum atomic E-state index is 13.0. The highest BCUT2D eigenvalue weighted by Gasteiger charge is 2.41. The fraction of sp³-hybridized carbons (Fsp3) is 0.368. The third-order valence-corrected chi connectivity index (χ3v) is 4.67. The molecule has 0 bridgehead atoms. The van der Waals surface area contributed by atoms with Crippen molar-refractivity contribution in [3.63, 3.8) is 0 Å². The quantitative estimate of drug-likeness (QED) is 0.925. The summed E-state index contributed by atoms with van der Waals surface area (Å²) >= 11 is 0. The van der Waals surface area contributed by atoms with E-state index in [1.54, 1.807) is 4.90 Å². The molecule has 0 aliphatic carbocycles. The van der Waals surface area contributed by atoms with Crippen LogP contribution in [0.15, 0.2) is 42.9 Å². The molecule has 1 aliphatic heterocycles. The average molecular weight is 339 g/mol. The first-order chi connectivity index (χ1) is 12.0. The summed E-state index contributed by atoms with van der Waals surface area (Å²) in [6.45, 7) is 4.51. The lowest BCUT2D eigenvalue weighted by atomic mass is 9.89. The number of benzene rings is 1. The molecule has 1 aromatic carbocycles. The van der Waals surface area contributed by atoms with Crippen molar-refractivity contribution >= 4 is 11.9 Å². The molecule has 1 N–H and O–H groups in total. The largest absolute Gasteiger partial charge is 0.481 e. The van der Waals surface area contributed by atoms with E-state index in [-0.39, 0.29) is 24.3 Å². The van der Waals surface area contributed by atoms with E-state index in [4.69, 9.17) is 0 Å². The van der Waals surface area contributed by atoms with Crippen molar-refractivity contribution in [1.82, 2.24) is 14.9 Å². The number of hydrogen-bond donors (Lipinski definition) is 1. The van der Waals surface area contributed by atoms with Crippen LogP contribution in [0.3, 0.4) is 0 Å². The van der Waals surface area contributed by atoms with Gasteiger partial charge in [0.05, 0.1) is 17.2 Å². The molecule has 0 spiro atoms. The number of nitrogens with zero attached hydrogens (tertiary/aromatic N) is 3. The second-order valence-corrected chi connectivity index (χ2v) is 6.65. The Balaban J connectivity index is 1.89. The summed E-state index contributed by atoms with van der Waals surface area (Å²) in [4.78, 5) is 34.5. The third kappa shape index (κ3) is 3.38. The first kappa shape index (κ1) is 17.1. The zero-order valence-corrected chi connectivity index (χ0v) is 14.3. The molecule has 3 rings (SSSR count). The molecule has 2 heterocycles. The Morgan fingerprint density at radius 1 is 1.20 bits per heavy atom. The molecule has 0 saturated carbocycles. The highest BCUT2D eigenvalue weighted by molar-refractivity contribution is 5.96. The Hall–Kier alpha value is -2.76. The molecule has 2 atom stereocenters. The van der Waals surface area contributed by atoms with Gasteiger partial charge in [0.25, 0.3) is 5.91 Å². The average Bonchev–Trinajstić information content (AvgIpc) is 3.07. The van der Waals surface area contributed by atoms with Crippen molar-refractivity contribution in [2.24, 2.45) is 5.92 Å². The highest BCUT2D eigenvalue weighted by Crippen LogP contribution is 2.34. The van der Waals surface area contributed by atoms with Crippen LogP contribution in [-0.4, -0.2) is 44.9 Å². The number of aliphatic carboxylic acids is 1. The molecular formula is C19H21N3O3.